The largest absolute Gasteiger partial charge is 0.378 e. The van der Waals surface area contributed by atoms with E-state index in [1.807, 2.05) is 42.5 Å². The van der Waals surface area contributed by atoms with Gasteiger partial charge in [-0.15, -0.1) is 0 Å². The van der Waals surface area contributed by atoms with Gasteiger partial charge in [0, 0.05) is 38.4 Å². The van der Waals surface area contributed by atoms with Gasteiger partial charge in [-0.3, -0.25) is 4.79 Å². The number of carbonyl (C=O) groups excluding carboxylic acids is 1. The molecule has 0 aliphatic carbocycles. The summed E-state index contributed by atoms with van der Waals surface area (Å²) in [5.41, 5.74) is 8.25. The standard InChI is InChI=1S/C28H38N8O3/c29-12-16-38-18-19-39-17-13-30-25(37)20-22-8-10-24(11-9-22)32-27-33-26(31-21-23-6-2-1-3-7-23)34-28(35-27)36-14-4-5-15-36/h1-3,6-11H,4-5,12-21,29H2,(H,30,37)(H2,31,32,33,34,35). The fourth-order valence-electron chi connectivity index (χ4n) is 4.09. The van der Waals surface area contributed by atoms with Crippen molar-refractivity contribution in [3.63, 3.8) is 0 Å². The summed E-state index contributed by atoms with van der Waals surface area (Å²) in [7, 11) is 0. The lowest BCUT2D eigenvalue weighted by Crippen LogP contribution is -2.29. The van der Waals surface area contributed by atoms with Gasteiger partial charge in [0.1, 0.15) is 0 Å². The first-order chi connectivity index (χ1) is 19.2. The summed E-state index contributed by atoms with van der Waals surface area (Å²) in [5, 5.41) is 9.49. The maximum atomic E-state index is 12.3. The lowest BCUT2D eigenvalue weighted by Gasteiger charge is -2.17. The van der Waals surface area contributed by atoms with E-state index in [2.05, 4.69) is 47.9 Å². The highest BCUT2D eigenvalue weighted by Crippen LogP contribution is 2.21. The predicted octanol–water partition coefficient (Wildman–Crippen LogP) is 2.48. The van der Waals surface area contributed by atoms with Crippen molar-refractivity contribution in [1.29, 1.82) is 0 Å². The lowest BCUT2D eigenvalue weighted by atomic mass is 10.1. The number of benzene rings is 2. The van der Waals surface area contributed by atoms with E-state index >= 15 is 0 Å². The van der Waals surface area contributed by atoms with Crippen LogP contribution in [0.25, 0.3) is 0 Å². The predicted molar refractivity (Wildman–Crippen MR) is 152 cm³/mol. The molecule has 0 saturated carbocycles. The van der Waals surface area contributed by atoms with Gasteiger partial charge >= 0.3 is 0 Å². The maximum absolute atomic E-state index is 12.3. The molecule has 39 heavy (non-hydrogen) atoms. The van der Waals surface area contributed by atoms with E-state index in [0.29, 0.717) is 63.9 Å². The molecule has 11 nitrogen and oxygen atoms in total. The second-order valence-corrected chi connectivity index (χ2v) is 9.18. The van der Waals surface area contributed by atoms with E-state index in [1.54, 1.807) is 0 Å². The minimum atomic E-state index is -0.0551. The summed E-state index contributed by atoms with van der Waals surface area (Å²) in [5.74, 6) is 1.61. The third-order valence-electron chi connectivity index (χ3n) is 6.08. The van der Waals surface area contributed by atoms with Crippen LogP contribution in [0.15, 0.2) is 54.6 Å². The molecule has 1 aromatic heterocycles. The van der Waals surface area contributed by atoms with Gasteiger partial charge in [0.15, 0.2) is 0 Å². The van der Waals surface area contributed by atoms with E-state index in [-0.39, 0.29) is 12.3 Å². The summed E-state index contributed by atoms with van der Waals surface area (Å²) in [6.07, 6.45) is 2.55. The molecule has 1 fully saturated rings. The average Bonchev–Trinajstić information content (AvgIpc) is 3.50. The minimum Gasteiger partial charge on any atom is -0.378 e. The molecule has 2 aromatic carbocycles. The first kappa shape index (κ1) is 28.2. The first-order valence-electron chi connectivity index (χ1n) is 13.5. The molecule has 11 heteroatoms. The highest BCUT2D eigenvalue weighted by molar-refractivity contribution is 5.78. The van der Waals surface area contributed by atoms with Crippen LogP contribution < -0.4 is 26.6 Å². The molecule has 3 aromatic rings. The Labute approximate surface area is 229 Å². The SMILES string of the molecule is NCCOCCOCCNC(=O)Cc1ccc(Nc2nc(NCc3ccccc3)nc(N3CCCC3)n2)cc1. The van der Waals surface area contributed by atoms with Crippen LogP contribution in [0.3, 0.4) is 0 Å². The lowest BCUT2D eigenvalue weighted by molar-refractivity contribution is -0.120. The Morgan fingerprint density at radius 1 is 0.846 bits per heavy atom. The zero-order valence-electron chi connectivity index (χ0n) is 22.3. The van der Waals surface area contributed by atoms with Gasteiger partial charge in [-0.2, -0.15) is 15.0 Å². The fraction of sp³-hybridized carbons (Fsp3) is 0.429. The molecule has 1 aliphatic rings. The number of nitrogens with one attached hydrogen (secondary N) is 3. The molecule has 1 saturated heterocycles. The maximum Gasteiger partial charge on any atom is 0.233 e. The van der Waals surface area contributed by atoms with Crippen LogP contribution in [0.4, 0.5) is 23.5 Å². The van der Waals surface area contributed by atoms with Crippen molar-refractivity contribution in [1.82, 2.24) is 20.3 Å². The Morgan fingerprint density at radius 3 is 2.31 bits per heavy atom. The molecule has 1 aliphatic heterocycles. The number of hydrogen-bond donors (Lipinski definition) is 4. The van der Waals surface area contributed by atoms with Gasteiger partial charge in [0.2, 0.25) is 23.8 Å². The number of nitrogens with zero attached hydrogens (tertiary/aromatic N) is 4. The quantitative estimate of drug-likeness (QED) is 0.203. The Hall–Kier alpha value is -3.80. The Kier molecular flexibility index (Phi) is 11.3. The number of nitrogens with two attached hydrogens (primary N) is 1. The number of ether oxygens (including phenoxy) is 2. The number of hydrogen-bond acceptors (Lipinski definition) is 10. The van der Waals surface area contributed by atoms with Crippen LogP contribution >= 0.6 is 0 Å². The number of amides is 1. The molecule has 0 bridgehead atoms. The van der Waals surface area contributed by atoms with Crippen LogP contribution in [-0.2, 0) is 27.2 Å². The van der Waals surface area contributed by atoms with Crippen LogP contribution in [0.1, 0.15) is 24.0 Å². The van der Waals surface area contributed by atoms with E-state index in [0.717, 1.165) is 42.7 Å². The summed E-state index contributed by atoms with van der Waals surface area (Å²) >= 11 is 0. The van der Waals surface area contributed by atoms with E-state index in [9.17, 15) is 4.79 Å². The Balaban J connectivity index is 1.28. The molecule has 208 valence electrons. The van der Waals surface area contributed by atoms with Gasteiger partial charge in [-0.25, -0.2) is 0 Å². The van der Waals surface area contributed by atoms with Crippen molar-refractivity contribution < 1.29 is 14.3 Å². The molecule has 0 radical (unpaired) electrons. The molecule has 5 N–H and O–H groups in total. The Bertz CT molecular complexity index is 1140. The second kappa shape index (κ2) is 15.6. The fourth-order valence-corrected chi connectivity index (χ4v) is 4.09. The van der Waals surface area contributed by atoms with Crippen molar-refractivity contribution in [3.05, 3.63) is 65.7 Å². The molecule has 1 amide bonds. The molecule has 0 atom stereocenters. The highest BCUT2D eigenvalue weighted by Gasteiger charge is 2.17. The van der Waals surface area contributed by atoms with Crippen molar-refractivity contribution >= 4 is 29.4 Å². The number of carbonyl (C=O) groups is 1. The van der Waals surface area contributed by atoms with Crippen molar-refractivity contribution in [2.45, 2.75) is 25.8 Å². The van der Waals surface area contributed by atoms with Crippen molar-refractivity contribution in [2.24, 2.45) is 5.73 Å². The zero-order valence-corrected chi connectivity index (χ0v) is 22.3. The molecule has 0 spiro atoms. The van der Waals surface area contributed by atoms with Gasteiger partial charge in [-0.1, -0.05) is 42.5 Å². The molecule has 4 rings (SSSR count). The van der Waals surface area contributed by atoms with Gasteiger partial charge in [0.05, 0.1) is 32.8 Å². The number of rotatable bonds is 16. The van der Waals surface area contributed by atoms with E-state index < -0.39 is 0 Å². The average molecular weight is 535 g/mol. The topological polar surface area (TPSA) is 140 Å². The van der Waals surface area contributed by atoms with E-state index in [4.69, 9.17) is 15.2 Å². The summed E-state index contributed by atoms with van der Waals surface area (Å²) in [6.45, 7) is 5.39. The number of aromatic nitrogens is 3. The summed E-state index contributed by atoms with van der Waals surface area (Å²) < 4.78 is 10.7. The summed E-state index contributed by atoms with van der Waals surface area (Å²) in [4.78, 5) is 28.4. The van der Waals surface area contributed by atoms with Crippen LogP contribution in [-0.4, -0.2) is 73.5 Å². The normalized spacial score (nSPS) is 12.9. The summed E-state index contributed by atoms with van der Waals surface area (Å²) in [6, 6.07) is 17.8. The Morgan fingerprint density at radius 2 is 1.56 bits per heavy atom. The smallest absolute Gasteiger partial charge is 0.233 e. The molecule has 0 unspecified atom stereocenters. The van der Waals surface area contributed by atoms with Crippen LogP contribution in [0.5, 0.6) is 0 Å². The third kappa shape index (κ3) is 9.78. The van der Waals surface area contributed by atoms with Crippen LogP contribution in [0.2, 0.25) is 0 Å². The molecular formula is C28H38N8O3. The highest BCUT2D eigenvalue weighted by atomic mass is 16.5. The third-order valence-corrected chi connectivity index (χ3v) is 6.08. The van der Waals surface area contributed by atoms with Gasteiger partial charge in [-0.05, 0) is 36.1 Å². The number of anilines is 4. The van der Waals surface area contributed by atoms with Crippen molar-refractivity contribution in [2.75, 3.05) is 68.1 Å². The first-order valence-corrected chi connectivity index (χ1v) is 13.5. The monoisotopic (exact) mass is 534 g/mol. The second-order valence-electron chi connectivity index (χ2n) is 9.18. The molecular weight excluding hydrogens is 496 g/mol. The van der Waals surface area contributed by atoms with Gasteiger partial charge < -0.3 is 36.1 Å². The van der Waals surface area contributed by atoms with Crippen LogP contribution in [0, 0.1) is 0 Å². The zero-order chi connectivity index (χ0) is 27.1. The minimum absolute atomic E-state index is 0.0551. The molecule has 2 heterocycles. The van der Waals surface area contributed by atoms with Gasteiger partial charge in [0.25, 0.3) is 0 Å². The van der Waals surface area contributed by atoms with E-state index in [1.165, 1.54) is 0 Å². The van der Waals surface area contributed by atoms with Crippen molar-refractivity contribution in [3.8, 4) is 0 Å².